The van der Waals surface area contributed by atoms with Crippen LogP contribution in [0.15, 0.2) is 60.7 Å². The zero-order chi connectivity index (χ0) is 17.2. The summed E-state index contributed by atoms with van der Waals surface area (Å²) in [5.41, 5.74) is 2.26. The SMILES string of the molecule is Cc1nc(C)c(C(=O)NC(C)(c2ccccc2)c2ccccc2)s1. The highest BCUT2D eigenvalue weighted by atomic mass is 32.1. The summed E-state index contributed by atoms with van der Waals surface area (Å²) in [5, 5.41) is 4.13. The van der Waals surface area contributed by atoms with E-state index in [4.69, 9.17) is 0 Å². The maximum absolute atomic E-state index is 12.9. The first-order valence-electron chi connectivity index (χ1n) is 7.88. The number of nitrogens with one attached hydrogen (secondary N) is 1. The van der Waals surface area contributed by atoms with E-state index in [-0.39, 0.29) is 5.91 Å². The van der Waals surface area contributed by atoms with Crippen LogP contribution in [0.2, 0.25) is 0 Å². The lowest BCUT2D eigenvalue weighted by Gasteiger charge is -2.32. The highest BCUT2D eigenvalue weighted by Gasteiger charge is 2.31. The van der Waals surface area contributed by atoms with Crippen LogP contribution in [0.25, 0.3) is 0 Å². The summed E-state index contributed by atoms with van der Waals surface area (Å²) in [6, 6.07) is 20.1. The van der Waals surface area contributed by atoms with E-state index in [2.05, 4.69) is 10.3 Å². The van der Waals surface area contributed by atoms with Gasteiger partial charge in [0.1, 0.15) is 4.88 Å². The van der Waals surface area contributed by atoms with E-state index in [0.717, 1.165) is 21.8 Å². The Labute approximate surface area is 146 Å². The molecule has 0 radical (unpaired) electrons. The molecule has 1 amide bonds. The van der Waals surface area contributed by atoms with Gasteiger partial charge in [0.2, 0.25) is 0 Å². The Morgan fingerprint density at radius 1 is 0.958 bits per heavy atom. The molecule has 0 aliphatic heterocycles. The Morgan fingerprint density at radius 3 is 1.88 bits per heavy atom. The highest BCUT2D eigenvalue weighted by Crippen LogP contribution is 2.30. The first kappa shape index (κ1) is 16.4. The molecule has 1 aromatic heterocycles. The summed E-state index contributed by atoms with van der Waals surface area (Å²) in [6.07, 6.45) is 0. The van der Waals surface area contributed by atoms with E-state index in [0.29, 0.717) is 4.88 Å². The largest absolute Gasteiger partial charge is 0.338 e. The van der Waals surface area contributed by atoms with Gasteiger partial charge in [-0.3, -0.25) is 4.79 Å². The van der Waals surface area contributed by atoms with Crippen LogP contribution < -0.4 is 5.32 Å². The van der Waals surface area contributed by atoms with Crippen molar-refractivity contribution in [2.24, 2.45) is 0 Å². The van der Waals surface area contributed by atoms with Gasteiger partial charge in [0, 0.05) is 0 Å². The number of aromatic nitrogens is 1. The van der Waals surface area contributed by atoms with E-state index in [1.54, 1.807) is 0 Å². The molecule has 0 aliphatic rings. The number of rotatable bonds is 4. The fraction of sp³-hybridized carbons (Fsp3) is 0.200. The number of hydrogen-bond acceptors (Lipinski definition) is 3. The molecule has 24 heavy (non-hydrogen) atoms. The monoisotopic (exact) mass is 336 g/mol. The van der Waals surface area contributed by atoms with Gasteiger partial charge in [-0.05, 0) is 31.9 Å². The van der Waals surface area contributed by atoms with Crippen LogP contribution in [-0.2, 0) is 5.54 Å². The van der Waals surface area contributed by atoms with Crippen LogP contribution >= 0.6 is 11.3 Å². The number of nitrogens with zero attached hydrogens (tertiary/aromatic N) is 1. The van der Waals surface area contributed by atoms with Gasteiger partial charge in [0.25, 0.3) is 5.91 Å². The summed E-state index contributed by atoms with van der Waals surface area (Å²) >= 11 is 1.43. The summed E-state index contributed by atoms with van der Waals surface area (Å²) in [5.74, 6) is -0.0895. The molecular formula is C20H20N2OS. The minimum Gasteiger partial charge on any atom is -0.338 e. The van der Waals surface area contributed by atoms with Crippen molar-refractivity contribution >= 4 is 17.2 Å². The smallest absolute Gasteiger partial charge is 0.264 e. The van der Waals surface area contributed by atoms with Gasteiger partial charge >= 0.3 is 0 Å². The maximum atomic E-state index is 12.9. The van der Waals surface area contributed by atoms with E-state index in [9.17, 15) is 4.79 Å². The Balaban J connectivity index is 2.03. The van der Waals surface area contributed by atoms with Crippen LogP contribution in [0.4, 0.5) is 0 Å². The molecule has 0 bridgehead atoms. The van der Waals surface area contributed by atoms with E-state index in [1.807, 2.05) is 81.4 Å². The Kier molecular flexibility index (Phi) is 4.49. The molecule has 0 spiro atoms. The highest BCUT2D eigenvalue weighted by molar-refractivity contribution is 7.13. The third-order valence-electron chi connectivity index (χ3n) is 4.18. The molecule has 0 unspecified atom stereocenters. The Bertz CT molecular complexity index is 801. The van der Waals surface area contributed by atoms with Crippen molar-refractivity contribution in [2.45, 2.75) is 26.3 Å². The minimum absolute atomic E-state index is 0.0895. The third kappa shape index (κ3) is 3.10. The fourth-order valence-electron chi connectivity index (χ4n) is 2.88. The van der Waals surface area contributed by atoms with Gasteiger partial charge < -0.3 is 5.32 Å². The normalized spacial score (nSPS) is 11.3. The van der Waals surface area contributed by atoms with Crippen molar-refractivity contribution in [3.63, 3.8) is 0 Å². The average molecular weight is 336 g/mol. The fourth-order valence-corrected chi connectivity index (χ4v) is 3.69. The second kappa shape index (κ2) is 6.57. The van der Waals surface area contributed by atoms with Gasteiger partial charge in [-0.25, -0.2) is 4.98 Å². The lowest BCUT2D eigenvalue weighted by atomic mass is 9.84. The molecule has 1 heterocycles. The molecule has 1 N–H and O–H groups in total. The van der Waals surface area contributed by atoms with Crippen molar-refractivity contribution in [2.75, 3.05) is 0 Å². The summed E-state index contributed by atoms with van der Waals surface area (Å²) in [6.45, 7) is 5.83. The number of aryl methyl sites for hydroxylation is 2. The van der Waals surface area contributed by atoms with Gasteiger partial charge in [-0.15, -0.1) is 11.3 Å². The molecule has 0 saturated carbocycles. The van der Waals surface area contributed by atoms with Gasteiger partial charge in [-0.2, -0.15) is 0 Å². The number of carbonyl (C=O) groups excluding carboxylic acids is 1. The lowest BCUT2D eigenvalue weighted by molar-refractivity contribution is 0.0922. The molecule has 0 atom stereocenters. The number of carbonyl (C=O) groups is 1. The zero-order valence-electron chi connectivity index (χ0n) is 14.0. The first-order chi connectivity index (χ1) is 11.5. The third-order valence-corrected chi connectivity index (χ3v) is 5.25. The molecule has 3 nitrogen and oxygen atoms in total. The topological polar surface area (TPSA) is 42.0 Å². The second-order valence-electron chi connectivity index (χ2n) is 5.96. The molecule has 0 saturated heterocycles. The molecule has 0 aliphatic carbocycles. The number of hydrogen-bond donors (Lipinski definition) is 1. The Hall–Kier alpha value is -2.46. The second-order valence-corrected chi connectivity index (χ2v) is 7.16. The van der Waals surface area contributed by atoms with Crippen molar-refractivity contribution < 1.29 is 4.79 Å². The molecule has 0 fully saturated rings. The van der Waals surface area contributed by atoms with Crippen LogP contribution in [-0.4, -0.2) is 10.9 Å². The number of thiazole rings is 1. The zero-order valence-corrected chi connectivity index (χ0v) is 14.9. The summed E-state index contributed by atoms with van der Waals surface area (Å²) < 4.78 is 0. The van der Waals surface area contributed by atoms with Crippen LogP contribution in [0.3, 0.4) is 0 Å². The molecule has 4 heteroatoms. The Morgan fingerprint density at radius 2 is 1.46 bits per heavy atom. The molecular weight excluding hydrogens is 316 g/mol. The number of benzene rings is 2. The van der Waals surface area contributed by atoms with E-state index in [1.165, 1.54) is 11.3 Å². The van der Waals surface area contributed by atoms with Crippen molar-refractivity contribution in [3.8, 4) is 0 Å². The average Bonchev–Trinajstić information content (AvgIpc) is 2.95. The number of amides is 1. The predicted octanol–water partition coefficient (Wildman–Crippen LogP) is 4.45. The quantitative estimate of drug-likeness (QED) is 0.764. The van der Waals surface area contributed by atoms with Crippen LogP contribution in [0.1, 0.15) is 38.4 Å². The van der Waals surface area contributed by atoms with Crippen LogP contribution in [0.5, 0.6) is 0 Å². The van der Waals surface area contributed by atoms with Gasteiger partial charge in [0.15, 0.2) is 0 Å². The maximum Gasteiger partial charge on any atom is 0.264 e. The molecule has 2 aromatic carbocycles. The van der Waals surface area contributed by atoms with Gasteiger partial charge in [-0.1, -0.05) is 60.7 Å². The predicted molar refractivity (Wildman–Crippen MR) is 98.4 cm³/mol. The van der Waals surface area contributed by atoms with E-state index >= 15 is 0 Å². The summed E-state index contributed by atoms with van der Waals surface area (Å²) in [4.78, 5) is 17.9. The van der Waals surface area contributed by atoms with Crippen LogP contribution in [0, 0.1) is 13.8 Å². The minimum atomic E-state index is -0.607. The molecule has 122 valence electrons. The lowest BCUT2D eigenvalue weighted by Crippen LogP contribution is -2.44. The van der Waals surface area contributed by atoms with Crippen molar-refractivity contribution in [1.82, 2.24) is 10.3 Å². The van der Waals surface area contributed by atoms with Crippen molar-refractivity contribution in [3.05, 3.63) is 87.4 Å². The molecule has 3 aromatic rings. The summed E-state index contributed by atoms with van der Waals surface area (Å²) in [7, 11) is 0. The van der Waals surface area contributed by atoms with Crippen molar-refractivity contribution in [1.29, 1.82) is 0 Å². The standard InChI is InChI=1S/C20H20N2OS/c1-14-18(24-15(2)21-14)19(23)22-20(3,16-10-6-4-7-11-16)17-12-8-5-9-13-17/h4-13H,1-3H3,(H,22,23). The first-order valence-corrected chi connectivity index (χ1v) is 8.70. The van der Waals surface area contributed by atoms with E-state index < -0.39 is 5.54 Å². The molecule has 3 rings (SSSR count). The van der Waals surface area contributed by atoms with Gasteiger partial charge in [0.05, 0.1) is 16.2 Å².